The number of carbonyl (C=O) groups excluding carboxylic acids is 2. The number of nitrogens with one attached hydrogen (secondary N) is 1. The number of rotatable bonds is 7. The van der Waals surface area contributed by atoms with Crippen LogP contribution in [-0.4, -0.2) is 36.4 Å². The summed E-state index contributed by atoms with van der Waals surface area (Å²) < 4.78 is 19.0. The van der Waals surface area contributed by atoms with Crippen LogP contribution in [0.2, 0.25) is 10.0 Å². The Hall–Kier alpha value is -2.31. The van der Waals surface area contributed by atoms with E-state index in [1.54, 1.807) is 31.2 Å². The van der Waals surface area contributed by atoms with Crippen molar-refractivity contribution in [3.05, 3.63) is 63.9 Å². The third-order valence-corrected chi connectivity index (χ3v) is 4.54. The van der Waals surface area contributed by atoms with E-state index in [-0.39, 0.29) is 18.2 Å². The van der Waals surface area contributed by atoms with Gasteiger partial charge in [0.15, 0.2) is 18.2 Å². The molecule has 8 heteroatoms. The molecular weight excluding hydrogens is 394 g/mol. The highest BCUT2D eigenvalue weighted by Gasteiger charge is 2.26. The van der Waals surface area contributed by atoms with E-state index in [9.17, 15) is 14.0 Å². The van der Waals surface area contributed by atoms with Crippen molar-refractivity contribution in [2.45, 2.75) is 19.5 Å². The van der Waals surface area contributed by atoms with Gasteiger partial charge in [-0.25, -0.2) is 4.39 Å². The fourth-order valence-electron chi connectivity index (χ4n) is 2.41. The SMILES string of the molecule is CNC(=O)[C@@H](C)N(Cc1ccc(Cl)cc1Cl)C(=O)COc1ccccc1F. The van der Waals surface area contributed by atoms with Crippen LogP contribution in [0, 0.1) is 5.82 Å². The Kier molecular flexibility index (Phi) is 7.45. The second-order valence-corrected chi connectivity index (χ2v) is 6.61. The first kappa shape index (κ1) is 21.0. The molecular formula is C19H19Cl2FN2O3. The Morgan fingerprint density at radius 2 is 1.93 bits per heavy atom. The number of halogens is 3. The van der Waals surface area contributed by atoms with Crippen LogP contribution >= 0.6 is 23.2 Å². The smallest absolute Gasteiger partial charge is 0.261 e. The molecule has 5 nitrogen and oxygen atoms in total. The summed E-state index contributed by atoms with van der Waals surface area (Å²) in [6.45, 7) is 1.24. The van der Waals surface area contributed by atoms with Gasteiger partial charge in [-0.1, -0.05) is 41.4 Å². The van der Waals surface area contributed by atoms with Crippen LogP contribution < -0.4 is 10.1 Å². The Morgan fingerprint density at radius 3 is 2.56 bits per heavy atom. The highest BCUT2D eigenvalue weighted by Crippen LogP contribution is 2.23. The molecule has 2 aromatic rings. The van der Waals surface area contributed by atoms with E-state index >= 15 is 0 Å². The number of carbonyl (C=O) groups is 2. The van der Waals surface area contributed by atoms with E-state index < -0.39 is 24.4 Å². The van der Waals surface area contributed by atoms with E-state index in [0.717, 1.165) is 0 Å². The molecule has 0 radical (unpaired) electrons. The van der Waals surface area contributed by atoms with Gasteiger partial charge in [0.05, 0.1) is 0 Å². The van der Waals surface area contributed by atoms with Crippen molar-refractivity contribution < 1.29 is 18.7 Å². The van der Waals surface area contributed by atoms with Gasteiger partial charge >= 0.3 is 0 Å². The Bertz CT molecular complexity index is 832. The summed E-state index contributed by atoms with van der Waals surface area (Å²) in [5.74, 6) is -1.44. The van der Waals surface area contributed by atoms with Crippen LogP contribution in [0.3, 0.4) is 0 Å². The molecule has 0 aliphatic rings. The van der Waals surface area contributed by atoms with Gasteiger partial charge in [0.2, 0.25) is 5.91 Å². The quantitative estimate of drug-likeness (QED) is 0.754. The molecule has 0 spiro atoms. The molecule has 0 unspecified atom stereocenters. The van der Waals surface area contributed by atoms with Crippen molar-refractivity contribution in [3.63, 3.8) is 0 Å². The summed E-state index contributed by atoms with van der Waals surface area (Å²) in [4.78, 5) is 26.1. The summed E-state index contributed by atoms with van der Waals surface area (Å²) in [6, 6.07) is 9.88. The van der Waals surface area contributed by atoms with Gasteiger partial charge in [0.1, 0.15) is 6.04 Å². The van der Waals surface area contributed by atoms with Crippen LogP contribution in [0.15, 0.2) is 42.5 Å². The second kappa shape index (κ2) is 9.58. The van der Waals surface area contributed by atoms with Crippen LogP contribution in [0.5, 0.6) is 5.75 Å². The fourth-order valence-corrected chi connectivity index (χ4v) is 2.88. The first-order chi connectivity index (χ1) is 12.8. The number of likely N-dealkylation sites (N-methyl/N-ethyl adjacent to an activating group) is 1. The molecule has 0 aliphatic heterocycles. The molecule has 1 N–H and O–H groups in total. The van der Waals surface area contributed by atoms with E-state index in [0.29, 0.717) is 15.6 Å². The molecule has 0 bridgehead atoms. The molecule has 0 aliphatic carbocycles. The van der Waals surface area contributed by atoms with Crippen molar-refractivity contribution in [1.29, 1.82) is 0 Å². The Balaban J connectivity index is 2.19. The Morgan fingerprint density at radius 1 is 1.22 bits per heavy atom. The van der Waals surface area contributed by atoms with Crippen molar-refractivity contribution in [2.75, 3.05) is 13.7 Å². The first-order valence-corrected chi connectivity index (χ1v) is 8.91. The standard InChI is InChI=1S/C19H19Cl2FN2O3/c1-12(19(26)23-2)24(10-13-7-8-14(20)9-15(13)21)18(25)11-27-17-6-4-3-5-16(17)22/h3-9,12H,10-11H2,1-2H3,(H,23,26)/t12-/m1/s1. The summed E-state index contributed by atoms with van der Waals surface area (Å²) in [6.07, 6.45) is 0. The third-order valence-electron chi connectivity index (χ3n) is 3.96. The van der Waals surface area contributed by atoms with E-state index in [1.807, 2.05) is 0 Å². The molecule has 144 valence electrons. The maximum absolute atomic E-state index is 13.7. The molecule has 1 atom stereocenters. The molecule has 2 aromatic carbocycles. The average Bonchev–Trinajstić information content (AvgIpc) is 2.65. The number of ether oxygens (including phenoxy) is 1. The maximum Gasteiger partial charge on any atom is 0.261 e. The summed E-state index contributed by atoms with van der Waals surface area (Å²) >= 11 is 12.1. The number of hydrogen-bond donors (Lipinski definition) is 1. The largest absolute Gasteiger partial charge is 0.481 e. The highest BCUT2D eigenvalue weighted by molar-refractivity contribution is 6.35. The number of benzene rings is 2. The number of hydrogen-bond acceptors (Lipinski definition) is 3. The van der Waals surface area contributed by atoms with E-state index in [2.05, 4.69) is 5.32 Å². The van der Waals surface area contributed by atoms with Crippen molar-refractivity contribution in [2.24, 2.45) is 0 Å². The normalized spacial score (nSPS) is 11.6. The van der Waals surface area contributed by atoms with Crippen molar-refractivity contribution in [3.8, 4) is 5.75 Å². The average molecular weight is 413 g/mol. The van der Waals surface area contributed by atoms with Crippen molar-refractivity contribution >= 4 is 35.0 Å². The lowest BCUT2D eigenvalue weighted by Gasteiger charge is -2.28. The lowest BCUT2D eigenvalue weighted by atomic mass is 10.1. The van der Waals surface area contributed by atoms with E-state index in [4.69, 9.17) is 27.9 Å². The number of para-hydroxylation sites is 1. The lowest BCUT2D eigenvalue weighted by molar-refractivity contribution is -0.142. The van der Waals surface area contributed by atoms with Crippen LogP contribution in [-0.2, 0) is 16.1 Å². The summed E-state index contributed by atoms with van der Waals surface area (Å²) in [5, 5.41) is 3.34. The molecule has 0 heterocycles. The van der Waals surface area contributed by atoms with Gasteiger partial charge in [-0.2, -0.15) is 0 Å². The minimum atomic E-state index is -0.779. The molecule has 0 saturated heterocycles. The summed E-state index contributed by atoms with van der Waals surface area (Å²) in [5.41, 5.74) is 0.621. The van der Waals surface area contributed by atoms with Crippen molar-refractivity contribution in [1.82, 2.24) is 10.2 Å². The van der Waals surface area contributed by atoms with Gasteiger partial charge in [-0.05, 0) is 36.8 Å². The minimum absolute atomic E-state index is 0.0390. The molecule has 2 amide bonds. The topological polar surface area (TPSA) is 58.6 Å². The summed E-state index contributed by atoms with van der Waals surface area (Å²) in [7, 11) is 1.48. The van der Waals surface area contributed by atoms with Gasteiger partial charge < -0.3 is 15.0 Å². The molecule has 2 rings (SSSR count). The predicted molar refractivity (Wildman–Crippen MR) is 102 cm³/mol. The minimum Gasteiger partial charge on any atom is -0.481 e. The zero-order valence-corrected chi connectivity index (χ0v) is 16.4. The molecule has 0 saturated carbocycles. The first-order valence-electron chi connectivity index (χ1n) is 8.15. The monoisotopic (exact) mass is 412 g/mol. The highest BCUT2D eigenvalue weighted by atomic mass is 35.5. The van der Waals surface area contributed by atoms with Gasteiger partial charge in [0, 0.05) is 23.6 Å². The zero-order valence-electron chi connectivity index (χ0n) is 14.8. The van der Waals surface area contributed by atoms with Gasteiger partial charge in [0.25, 0.3) is 5.91 Å². The Labute approximate surface area is 167 Å². The van der Waals surface area contributed by atoms with Crippen LogP contribution in [0.4, 0.5) is 4.39 Å². The second-order valence-electron chi connectivity index (χ2n) is 5.77. The van der Waals surface area contributed by atoms with Crippen LogP contribution in [0.1, 0.15) is 12.5 Å². The van der Waals surface area contributed by atoms with Crippen LogP contribution in [0.25, 0.3) is 0 Å². The number of nitrogens with zero attached hydrogens (tertiary/aromatic N) is 1. The molecule has 0 aromatic heterocycles. The number of amides is 2. The fraction of sp³-hybridized carbons (Fsp3) is 0.263. The molecule has 27 heavy (non-hydrogen) atoms. The molecule has 0 fully saturated rings. The van der Waals surface area contributed by atoms with E-state index in [1.165, 1.54) is 30.1 Å². The van der Waals surface area contributed by atoms with Gasteiger partial charge in [-0.15, -0.1) is 0 Å². The zero-order chi connectivity index (χ0) is 20.0. The predicted octanol–water partition coefficient (Wildman–Crippen LogP) is 3.67. The maximum atomic E-state index is 13.7. The van der Waals surface area contributed by atoms with Gasteiger partial charge in [-0.3, -0.25) is 9.59 Å². The lowest BCUT2D eigenvalue weighted by Crippen LogP contribution is -2.48. The third kappa shape index (κ3) is 5.58.